The summed E-state index contributed by atoms with van der Waals surface area (Å²) in [7, 11) is 0. The topological polar surface area (TPSA) is 75.6 Å². The zero-order valence-electron chi connectivity index (χ0n) is 9.90. The van der Waals surface area contributed by atoms with Crippen LogP contribution in [-0.4, -0.2) is 32.8 Å². The Morgan fingerprint density at radius 1 is 1.47 bits per heavy atom. The third kappa shape index (κ3) is 1.33. The van der Waals surface area contributed by atoms with Crippen LogP contribution in [0.2, 0.25) is 0 Å². The summed E-state index contributed by atoms with van der Waals surface area (Å²) in [6.45, 7) is 6.11. The molecule has 0 bridgehead atoms. The van der Waals surface area contributed by atoms with Gasteiger partial charge in [0, 0.05) is 13.1 Å². The highest BCUT2D eigenvalue weighted by atomic mass is 16.1. The predicted molar refractivity (Wildman–Crippen MR) is 63.8 cm³/mol. The van der Waals surface area contributed by atoms with E-state index in [0.717, 1.165) is 13.1 Å². The molecule has 0 spiro atoms. The third-order valence-electron chi connectivity index (χ3n) is 3.70. The predicted octanol–water partition coefficient (Wildman–Crippen LogP) is 0.0741. The molecule has 0 atom stereocenters. The molecule has 1 fully saturated rings. The number of hydrogen-bond acceptors (Lipinski definition) is 4. The number of rotatable bonds is 2. The lowest BCUT2D eigenvalue weighted by atomic mass is 9.81. The lowest BCUT2D eigenvalue weighted by Gasteiger charge is -2.46. The standard InChI is InChI=1S/C11H15N5O/c1-7(2)11(4-12-5-11)16-3-8-9(15-16)10(17)14-6-13-8/h3,6-7,12H,4-5H2,1-2H3,(H,13,14,17). The number of aromatic amines is 1. The lowest BCUT2D eigenvalue weighted by Crippen LogP contribution is -2.63. The zero-order valence-corrected chi connectivity index (χ0v) is 9.90. The van der Waals surface area contributed by atoms with Crippen molar-refractivity contribution in [2.24, 2.45) is 5.92 Å². The molecule has 2 aromatic heterocycles. The molecule has 17 heavy (non-hydrogen) atoms. The van der Waals surface area contributed by atoms with Gasteiger partial charge in [-0.3, -0.25) is 9.48 Å². The van der Waals surface area contributed by atoms with Gasteiger partial charge in [-0.1, -0.05) is 13.8 Å². The van der Waals surface area contributed by atoms with Gasteiger partial charge in [0.15, 0.2) is 5.52 Å². The average Bonchev–Trinajstić information content (AvgIpc) is 2.60. The molecule has 2 aromatic rings. The van der Waals surface area contributed by atoms with Crippen molar-refractivity contribution in [1.82, 2.24) is 25.1 Å². The molecular formula is C11H15N5O. The second-order valence-electron chi connectivity index (χ2n) is 4.90. The second-order valence-corrected chi connectivity index (χ2v) is 4.90. The van der Waals surface area contributed by atoms with Crippen LogP contribution in [0.4, 0.5) is 0 Å². The SMILES string of the molecule is CC(C)C1(n2cc3nc[nH]c(=O)c3n2)CNC1. The molecule has 0 aliphatic carbocycles. The van der Waals surface area contributed by atoms with Crippen molar-refractivity contribution < 1.29 is 0 Å². The summed E-state index contributed by atoms with van der Waals surface area (Å²) in [5.41, 5.74) is 0.868. The fourth-order valence-corrected chi connectivity index (χ4v) is 2.29. The molecule has 0 unspecified atom stereocenters. The minimum Gasteiger partial charge on any atom is -0.312 e. The van der Waals surface area contributed by atoms with E-state index in [2.05, 4.69) is 34.2 Å². The van der Waals surface area contributed by atoms with Crippen molar-refractivity contribution >= 4 is 11.0 Å². The minimum absolute atomic E-state index is 0.0207. The molecule has 0 saturated carbocycles. The molecule has 90 valence electrons. The van der Waals surface area contributed by atoms with Crippen LogP contribution in [0, 0.1) is 5.92 Å². The largest absolute Gasteiger partial charge is 0.312 e. The zero-order chi connectivity index (χ0) is 12.0. The van der Waals surface area contributed by atoms with Crippen LogP contribution < -0.4 is 10.9 Å². The summed E-state index contributed by atoms with van der Waals surface area (Å²) in [6, 6.07) is 0. The Labute approximate surface area is 98.1 Å². The van der Waals surface area contributed by atoms with E-state index in [9.17, 15) is 4.79 Å². The summed E-state index contributed by atoms with van der Waals surface area (Å²) in [5, 5.41) is 7.67. The van der Waals surface area contributed by atoms with Crippen molar-refractivity contribution in [1.29, 1.82) is 0 Å². The highest BCUT2D eigenvalue weighted by molar-refractivity contribution is 5.71. The number of H-pyrrole nitrogens is 1. The molecule has 0 aromatic carbocycles. The first-order valence-electron chi connectivity index (χ1n) is 5.78. The molecular weight excluding hydrogens is 218 g/mol. The monoisotopic (exact) mass is 233 g/mol. The van der Waals surface area contributed by atoms with E-state index in [1.807, 2.05) is 10.9 Å². The summed E-state index contributed by atoms with van der Waals surface area (Å²) in [5.74, 6) is 0.456. The van der Waals surface area contributed by atoms with Crippen LogP contribution in [0.25, 0.3) is 11.0 Å². The van der Waals surface area contributed by atoms with E-state index in [1.54, 1.807) is 0 Å². The highest BCUT2D eigenvalue weighted by Crippen LogP contribution is 2.30. The van der Waals surface area contributed by atoms with Crippen LogP contribution in [0.3, 0.4) is 0 Å². The van der Waals surface area contributed by atoms with E-state index < -0.39 is 0 Å². The first kappa shape index (κ1) is 10.5. The van der Waals surface area contributed by atoms with Gasteiger partial charge < -0.3 is 10.3 Å². The molecule has 0 radical (unpaired) electrons. The number of hydrogen-bond donors (Lipinski definition) is 2. The van der Waals surface area contributed by atoms with Gasteiger partial charge in [-0.05, 0) is 5.92 Å². The fraction of sp³-hybridized carbons (Fsp3) is 0.545. The van der Waals surface area contributed by atoms with Gasteiger partial charge >= 0.3 is 0 Å². The van der Waals surface area contributed by atoms with E-state index in [4.69, 9.17) is 0 Å². The smallest absolute Gasteiger partial charge is 0.279 e. The van der Waals surface area contributed by atoms with Gasteiger partial charge in [-0.25, -0.2) is 4.98 Å². The Kier molecular flexibility index (Phi) is 2.09. The van der Waals surface area contributed by atoms with Gasteiger partial charge in [-0.15, -0.1) is 0 Å². The van der Waals surface area contributed by atoms with Gasteiger partial charge in [-0.2, -0.15) is 5.10 Å². The maximum atomic E-state index is 11.6. The fourth-order valence-electron chi connectivity index (χ4n) is 2.29. The number of fused-ring (bicyclic) bond motifs is 1. The molecule has 3 rings (SSSR count). The van der Waals surface area contributed by atoms with Crippen molar-refractivity contribution in [2.75, 3.05) is 13.1 Å². The van der Waals surface area contributed by atoms with Gasteiger partial charge in [0.1, 0.15) is 5.52 Å². The molecule has 1 saturated heterocycles. The average molecular weight is 233 g/mol. The maximum absolute atomic E-state index is 11.6. The first-order chi connectivity index (χ1) is 8.13. The first-order valence-corrected chi connectivity index (χ1v) is 5.78. The quantitative estimate of drug-likeness (QED) is 0.770. The lowest BCUT2D eigenvalue weighted by molar-refractivity contribution is 0.0946. The second kappa shape index (κ2) is 3.40. The van der Waals surface area contributed by atoms with E-state index >= 15 is 0 Å². The summed E-state index contributed by atoms with van der Waals surface area (Å²) >= 11 is 0. The molecule has 3 heterocycles. The van der Waals surface area contributed by atoms with E-state index in [-0.39, 0.29) is 11.1 Å². The maximum Gasteiger partial charge on any atom is 0.279 e. The normalized spacial score (nSPS) is 18.5. The Hall–Kier alpha value is -1.69. The van der Waals surface area contributed by atoms with Crippen molar-refractivity contribution in [3.05, 3.63) is 22.9 Å². The van der Waals surface area contributed by atoms with Crippen LogP contribution >= 0.6 is 0 Å². The van der Waals surface area contributed by atoms with Crippen LogP contribution in [0.5, 0.6) is 0 Å². The molecule has 6 heteroatoms. The molecule has 6 nitrogen and oxygen atoms in total. The van der Waals surface area contributed by atoms with Crippen molar-refractivity contribution in [3.8, 4) is 0 Å². The number of aromatic nitrogens is 4. The Morgan fingerprint density at radius 3 is 2.76 bits per heavy atom. The Morgan fingerprint density at radius 2 is 2.24 bits per heavy atom. The van der Waals surface area contributed by atoms with E-state index in [0.29, 0.717) is 17.0 Å². The van der Waals surface area contributed by atoms with Crippen molar-refractivity contribution in [3.63, 3.8) is 0 Å². The van der Waals surface area contributed by atoms with Crippen LogP contribution in [0.15, 0.2) is 17.3 Å². The van der Waals surface area contributed by atoms with Crippen LogP contribution in [0.1, 0.15) is 13.8 Å². The molecule has 0 amide bonds. The van der Waals surface area contributed by atoms with Gasteiger partial charge in [0.2, 0.25) is 0 Å². The summed E-state index contributed by atoms with van der Waals surface area (Å²) < 4.78 is 1.90. The Bertz CT molecular complexity index is 608. The van der Waals surface area contributed by atoms with Crippen LogP contribution in [-0.2, 0) is 5.54 Å². The molecule has 1 aliphatic heterocycles. The summed E-state index contributed by atoms with van der Waals surface area (Å²) in [4.78, 5) is 18.3. The highest BCUT2D eigenvalue weighted by Gasteiger charge is 2.42. The van der Waals surface area contributed by atoms with Gasteiger partial charge in [0.05, 0.1) is 18.1 Å². The number of nitrogens with one attached hydrogen (secondary N) is 2. The Balaban J connectivity index is 2.18. The van der Waals surface area contributed by atoms with Crippen molar-refractivity contribution in [2.45, 2.75) is 19.4 Å². The minimum atomic E-state index is -0.181. The number of nitrogens with zero attached hydrogens (tertiary/aromatic N) is 3. The molecule has 2 N–H and O–H groups in total. The summed E-state index contributed by atoms with van der Waals surface area (Å²) in [6.07, 6.45) is 3.28. The van der Waals surface area contributed by atoms with E-state index in [1.165, 1.54) is 6.33 Å². The third-order valence-corrected chi connectivity index (χ3v) is 3.70. The van der Waals surface area contributed by atoms with Gasteiger partial charge in [0.25, 0.3) is 5.56 Å². The molecule has 1 aliphatic rings.